The lowest BCUT2D eigenvalue weighted by molar-refractivity contribution is -0.127. The van der Waals surface area contributed by atoms with Crippen molar-refractivity contribution in [2.45, 2.75) is 50.8 Å². The Morgan fingerprint density at radius 2 is 1.74 bits per heavy atom. The molecule has 2 fully saturated rings. The summed E-state index contributed by atoms with van der Waals surface area (Å²) in [5.74, 6) is -0.234. The number of nitrogens with zero attached hydrogens (tertiary/aromatic N) is 4. The van der Waals surface area contributed by atoms with Gasteiger partial charge < -0.3 is 9.64 Å². The van der Waals surface area contributed by atoms with E-state index in [9.17, 15) is 22.4 Å². The Labute approximate surface area is 270 Å². The van der Waals surface area contributed by atoms with Gasteiger partial charge in [0.2, 0.25) is 17.7 Å². The van der Waals surface area contributed by atoms with Crippen LogP contribution in [0.2, 0.25) is 0 Å². The van der Waals surface area contributed by atoms with Crippen molar-refractivity contribution in [2.75, 3.05) is 32.7 Å². The Bertz CT molecular complexity index is 1730. The molecule has 2 saturated heterocycles. The van der Waals surface area contributed by atoms with E-state index in [2.05, 4.69) is 20.1 Å². The van der Waals surface area contributed by atoms with Gasteiger partial charge in [-0.05, 0) is 79.1 Å². The van der Waals surface area contributed by atoms with E-state index < -0.39 is 18.5 Å². The molecule has 0 saturated carbocycles. The van der Waals surface area contributed by atoms with E-state index >= 15 is 0 Å². The van der Waals surface area contributed by atoms with Crippen LogP contribution in [0, 0.1) is 5.95 Å². The number of carbonyl (C=O) groups is 1. The lowest BCUT2D eigenvalue weighted by atomic mass is 9.88. The third-order valence-electron chi connectivity index (χ3n) is 8.66. The number of benzene rings is 2. The van der Waals surface area contributed by atoms with Gasteiger partial charge in [-0.2, -0.15) is 22.7 Å². The molecule has 246 valence electrons. The quantitative estimate of drug-likeness (QED) is 0.116. The van der Waals surface area contributed by atoms with Crippen molar-refractivity contribution < 1.29 is 27.1 Å². The van der Waals surface area contributed by atoms with Crippen molar-refractivity contribution in [1.82, 2.24) is 25.0 Å². The molecule has 2 aromatic heterocycles. The highest BCUT2D eigenvalue weighted by molar-refractivity contribution is 6.00. The average Bonchev–Trinajstić information content (AvgIpc) is 3.45. The fourth-order valence-electron chi connectivity index (χ4n) is 6.39. The molecule has 0 bridgehead atoms. The summed E-state index contributed by atoms with van der Waals surface area (Å²) in [4.78, 5) is 21.1. The van der Waals surface area contributed by atoms with Crippen LogP contribution in [0.1, 0.15) is 55.2 Å². The highest BCUT2D eigenvalue weighted by atomic mass is 19.4. The molecule has 1 atom stereocenters. The number of piperidine rings is 2. The Morgan fingerprint density at radius 3 is 2.49 bits per heavy atom. The maximum Gasteiger partial charge on any atom is 0.393 e. The van der Waals surface area contributed by atoms with Gasteiger partial charge in [0.15, 0.2) is 0 Å². The first-order chi connectivity index (χ1) is 22.7. The number of likely N-dealkylation sites (tertiary alicyclic amines) is 2. The fourth-order valence-corrected chi connectivity index (χ4v) is 6.39. The van der Waals surface area contributed by atoms with Crippen LogP contribution in [-0.4, -0.2) is 75.9 Å². The fraction of sp³-hybridized carbons (Fsp3) is 0.361. The Kier molecular flexibility index (Phi) is 10.0. The van der Waals surface area contributed by atoms with Gasteiger partial charge in [-0.15, -0.1) is 0 Å². The van der Waals surface area contributed by atoms with Gasteiger partial charge in [-0.1, -0.05) is 42.5 Å². The number of alkyl halides is 3. The number of fused-ring (bicyclic) bond motifs is 1. The molecule has 0 spiro atoms. The van der Waals surface area contributed by atoms with E-state index in [0.29, 0.717) is 46.7 Å². The number of pyridine rings is 1. The van der Waals surface area contributed by atoms with Crippen LogP contribution >= 0.6 is 0 Å². The molecule has 2 aliphatic rings. The maximum absolute atomic E-state index is 14.5. The summed E-state index contributed by atoms with van der Waals surface area (Å²) in [6.45, 7) is 3.84. The first-order valence-electron chi connectivity index (χ1n) is 16.0. The predicted octanol–water partition coefficient (Wildman–Crippen LogP) is 7.42. The van der Waals surface area contributed by atoms with E-state index in [1.807, 2.05) is 11.0 Å². The Morgan fingerprint density at radius 1 is 0.957 bits per heavy atom. The molecule has 11 heteroatoms. The van der Waals surface area contributed by atoms with Crippen molar-refractivity contribution >= 4 is 28.0 Å². The van der Waals surface area contributed by atoms with E-state index in [-0.39, 0.29) is 23.0 Å². The number of hydrogen-bond acceptors (Lipinski definition) is 5. The third-order valence-corrected chi connectivity index (χ3v) is 8.66. The van der Waals surface area contributed by atoms with E-state index in [1.165, 1.54) is 18.7 Å². The smallest absolute Gasteiger partial charge is 0.393 e. The summed E-state index contributed by atoms with van der Waals surface area (Å²) < 4.78 is 62.8. The van der Waals surface area contributed by atoms with Crippen molar-refractivity contribution in [3.63, 3.8) is 0 Å². The number of hydrogen-bond donors (Lipinski definition) is 1. The number of ether oxygens (including phenoxy) is 1. The highest BCUT2D eigenvalue weighted by Gasteiger charge is 2.32. The summed E-state index contributed by atoms with van der Waals surface area (Å²) in [7, 11) is 0. The second-order valence-electron chi connectivity index (χ2n) is 12.1. The van der Waals surface area contributed by atoms with Crippen LogP contribution in [0.25, 0.3) is 22.0 Å². The van der Waals surface area contributed by atoms with Crippen LogP contribution in [0.5, 0.6) is 5.88 Å². The molecule has 2 aliphatic heterocycles. The Balaban J connectivity index is 1.23. The summed E-state index contributed by atoms with van der Waals surface area (Å²) in [5, 5.41) is 6.40. The topological polar surface area (TPSA) is 74.4 Å². The minimum absolute atomic E-state index is 0.0477. The zero-order valence-electron chi connectivity index (χ0n) is 26.0. The zero-order valence-corrected chi connectivity index (χ0v) is 26.0. The predicted molar refractivity (Wildman–Crippen MR) is 173 cm³/mol. The first kappa shape index (κ1) is 32.4. The lowest BCUT2D eigenvalue weighted by Gasteiger charge is -2.32. The number of halogens is 4. The summed E-state index contributed by atoms with van der Waals surface area (Å²) >= 11 is 0. The molecule has 7 nitrogen and oxygen atoms in total. The maximum atomic E-state index is 14.5. The number of carbonyl (C=O) groups excluding carboxylic acids is 1. The standard InChI is InChI=1S/C36H37F4N5O2/c37-35-29-21-26(13-15-31(29)42-43-35)34(30(22-36(38,39)40)25-9-3-1-4-10-25)27-14-16-32(41-23-27)47-28-11-7-17-44(24-28)18-8-12-33(46)45-19-5-2-6-20-45/h1,3-4,8-10,12-16,21,23,28H,2,5-7,11,17-20,22,24H2,(H,42,43)/b12-8+,34-30-/t28-/m1/s1. The van der Waals surface area contributed by atoms with Crippen LogP contribution in [0.15, 0.2) is 79.0 Å². The lowest BCUT2D eigenvalue weighted by Crippen LogP contribution is -2.41. The molecule has 4 aromatic rings. The van der Waals surface area contributed by atoms with Gasteiger partial charge in [-0.25, -0.2) is 4.98 Å². The number of aromatic nitrogens is 3. The molecule has 0 aliphatic carbocycles. The highest BCUT2D eigenvalue weighted by Crippen LogP contribution is 2.40. The van der Waals surface area contributed by atoms with Crippen LogP contribution in [0.3, 0.4) is 0 Å². The van der Waals surface area contributed by atoms with Crippen molar-refractivity contribution in [2.24, 2.45) is 0 Å². The molecule has 0 unspecified atom stereocenters. The summed E-state index contributed by atoms with van der Waals surface area (Å²) in [6, 6.07) is 16.5. The summed E-state index contributed by atoms with van der Waals surface area (Å²) in [5.41, 5.74) is 1.97. The molecule has 1 N–H and O–H groups in total. The molecular formula is C36H37F4N5O2. The van der Waals surface area contributed by atoms with Crippen LogP contribution in [-0.2, 0) is 4.79 Å². The van der Waals surface area contributed by atoms with Crippen molar-refractivity contribution in [3.8, 4) is 5.88 Å². The number of allylic oxidation sites excluding steroid dienone is 1. The third kappa shape index (κ3) is 8.26. The van der Waals surface area contributed by atoms with Crippen molar-refractivity contribution in [3.05, 3.63) is 102 Å². The number of nitrogens with one attached hydrogen (secondary N) is 1. The van der Waals surface area contributed by atoms with E-state index in [1.54, 1.807) is 60.7 Å². The number of rotatable bonds is 9. The van der Waals surface area contributed by atoms with Gasteiger partial charge in [-0.3, -0.25) is 14.8 Å². The molecule has 47 heavy (non-hydrogen) atoms. The molecule has 0 radical (unpaired) electrons. The average molecular weight is 648 g/mol. The molecule has 1 amide bonds. The summed E-state index contributed by atoms with van der Waals surface area (Å²) in [6.07, 6.45) is 4.33. The minimum Gasteiger partial charge on any atom is -0.473 e. The molecule has 6 rings (SSSR count). The van der Waals surface area contributed by atoms with E-state index in [4.69, 9.17) is 4.74 Å². The second-order valence-corrected chi connectivity index (χ2v) is 12.1. The second kappa shape index (κ2) is 14.5. The SMILES string of the molecule is O=C(/C=C/CN1CCC[C@@H](Oc2ccc(/C(=C(/CC(F)(F)F)c3ccccc3)c3ccc4n[nH]c(F)c4c3)cn2)C1)N1CCCCC1. The van der Waals surface area contributed by atoms with Crippen molar-refractivity contribution in [1.29, 1.82) is 0 Å². The Hall–Kier alpha value is -4.51. The number of H-pyrrole nitrogens is 1. The molecule has 4 heterocycles. The largest absolute Gasteiger partial charge is 0.473 e. The normalized spacial score (nSPS) is 18.5. The zero-order chi connectivity index (χ0) is 32.8. The van der Waals surface area contributed by atoms with Gasteiger partial charge in [0.25, 0.3) is 0 Å². The molecular weight excluding hydrogens is 610 g/mol. The van der Waals surface area contributed by atoms with Crippen LogP contribution < -0.4 is 4.74 Å². The van der Waals surface area contributed by atoms with Gasteiger partial charge >= 0.3 is 6.18 Å². The van der Waals surface area contributed by atoms with E-state index in [0.717, 1.165) is 45.3 Å². The van der Waals surface area contributed by atoms with Gasteiger partial charge in [0.05, 0.1) is 17.3 Å². The van der Waals surface area contributed by atoms with Crippen LogP contribution in [0.4, 0.5) is 17.6 Å². The number of amides is 1. The first-order valence-corrected chi connectivity index (χ1v) is 16.0. The van der Waals surface area contributed by atoms with Gasteiger partial charge in [0.1, 0.15) is 6.10 Å². The number of aromatic amines is 1. The monoisotopic (exact) mass is 647 g/mol. The van der Waals surface area contributed by atoms with Gasteiger partial charge in [0, 0.05) is 50.1 Å². The molecule has 2 aromatic carbocycles. The minimum atomic E-state index is -4.50.